The topological polar surface area (TPSA) is 75.4 Å². The van der Waals surface area contributed by atoms with Crippen LogP contribution < -0.4 is 4.90 Å². The quantitative estimate of drug-likeness (QED) is 0.918. The van der Waals surface area contributed by atoms with E-state index in [9.17, 15) is 14.7 Å². The lowest BCUT2D eigenvalue weighted by Crippen LogP contribution is -2.32. The second-order valence-electron chi connectivity index (χ2n) is 5.53. The number of aromatic nitrogens is 2. The molecule has 0 aliphatic carbocycles. The first-order valence-electron chi connectivity index (χ1n) is 7.05. The van der Waals surface area contributed by atoms with E-state index in [0.29, 0.717) is 22.5 Å². The minimum Gasteiger partial charge on any atom is -0.481 e. The van der Waals surface area contributed by atoms with E-state index in [1.165, 1.54) is 0 Å². The second-order valence-corrected chi connectivity index (χ2v) is 5.53. The number of carbonyl (C=O) groups excluding carboxylic acids is 1. The summed E-state index contributed by atoms with van der Waals surface area (Å²) in [7, 11) is 1.79. The molecule has 1 N–H and O–H groups in total. The predicted octanol–water partition coefficient (Wildman–Crippen LogP) is 1.87. The van der Waals surface area contributed by atoms with Crippen LogP contribution in [0.5, 0.6) is 0 Å². The number of fused-ring (bicyclic) bond motifs is 1. The molecule has 1 amide bonds. The summed E-state index contributed by atoms with van der Waals surface area (Å²) in [6.07, 6.45) is 0. The number of carboxylic acid groups (broad SMARTS) is 1. The Hall–Kier alpha value is -2.63. The average molecular weight is 299 g/mol. The first-order chi connectivity index (χ1) is 10.4. The van der Waals surface area contributed by atoms with Crippen LogP contribution in [0.25, 0.3) is 0 Å². The summed E-state index contributed by atoms with van der Waals surface area (Å²) in [4.78, 5) is 25.9. The van der Waals surface area contributed by atoms with Crippen molar-refractivity contribution >= 4 is 17.6 Å². The number of amides is 1. The highest BCUT2D eigenvalue weighted by atomic mass is 16.4. The maximum absolute atomic E-state index is 12.9. The van der Waals surface area contributed by atoms with E-state index < -0.39 is 11.9 Å². The van der Waals surface area contributed by atoms with Crippen LogP contribution in [0.1, 0.15) is 33.2 Å². The van der Waals surface area contributed by atoms with Gasteiger partial charge in [-0.05, 0) is 25.5 Å². The van der Waals surface area contributed by atoms with Gasteiger partial charge in [0.2, 0.25) is 0 Å². The maximum atomic E-state index is 12.9. The molecule has 0 radical (unpaired) electrons. The van der Waals surface area contributed by atoms with Gasteiger partial charge in [0.15, 0.2) is 0 Å². The van der Waals surface area contributed by atoms with Gasteiger partial charge in [-0.2, -0.15) is 5.10 Å². The number of hydrogen-bond donors (Lipinski definition) is 1. The SMILES string of the molecule is Cc1nn(C)c(C)c1C(=O)N1C[C@@H](C(=O)O)c2ccccc21. The number of nitrogens with zero attached hydrogens (tertiary/aromatic N) is 3. The zero-order valence-electron chi connectivity index (χ0n) is 12.7. The first-order valence-corrected chi connectivity index (χ1v) is 7.05. The number of para-hydroxylation sites is 1. The van der Waals surface area contributed by atoms with Crippen molar-refractivity contribution in [2.24, 2.45) is 7.05 Å². The Morgan fingerprint density at radius 2 is 1.95 bits per heavy atom. The van der Waals surface area contributed by atoms with Gasteiger partial charge in [0.25, 0.3) is 5.91 Å². The molecule has 1 aliphatic rings. The minimum atomic E-state index is -0.914. The van der Waals surface area contributed by atoms with Gasteiger partial charge in [-0.25, -0.2) is 0 Å². The lowest BCUT2D eigenvalue weighted by atomic mass is 10.0. The van der Waals surface area contributed by atoms with Crippen molar-refractivity contribution in [3.63, 3.8) is 0 Å². The first kappa shape index (κ1) is 14.3. The summed E-state index contributed by atoms with van der Waals surface area (Å²) < 4.78 is 1.67. The molecule has 0 fully saturated rings. The van der Waals surface area contributed by atoms with Crippen LogP contribution in [0, 0.1) is 13.8 Å². The number of anilines is 1. The van der Waals surface area contributed by atoms with E-state index in [2.05, 4.69) is 5.10 Å². The fraction of sp³-hybridized carbons (Fsp3) is 0.312. The summed E-state index contributed by atoms with van der Waals surface area (Å²) in [5.41, 5.74) is 3.33. The highest BCUT2D eigenvalue weighted by molar-refractivity contribution is 6.10. The fourth-order valence-electron chi connectivity index (χ4n) is 3.03. The third kappa shape index (κ3) is 1.99. The smallest absolute Gasteiger partial charge is 0.312 e. The predicted molar refractivity (Wildman–Crippen MR) is 81.2 cm³/mol. The minimum absolute atomic E-state index is 0.154. The summed E-state index contributed by atoms with van der Waals surface area (Å²) in [5, 5.41) is 13.7. The van der Waals surface area contributed by atoms with Gasteiger partial charge >= 0.3 is 5.97 Å². The number of benzene rings is 1. The van der Waals surface area contributed by atoms with E-state index in [1.54, 1.807) is 41.8 Å². The summed E-state index contributed by atoms with van der Waals surface area (Å²) in [5.74, 6) is -1.79. The van der Waals surface area contributed by atoms with Gasteiger partial charge < -0.3 is 10.0 Å². The standard InChI is InChI=1S/C16H17N3O3/c1-9-14(10(2)18(3)17-9)15(20)19-8-12(16(21)22)11-6-4-5-7-13(11)19/h4-7,12H,8H2,1-3H3,(H,21,22)/t12-/m1/s1. The molecule has 1 aromatic heterocycles. The van der Waals surface area contributed by atoms with Crippen molar-refractivity contribution in [2.45, 2.75) is 19.8 Å². The number of carboxylic acids is 1. The second kappa shape index (κ2) is 4.98. The highest BCUT2D eigenvalue weighted by Gasteiger charge is 2.37. The van der Waals surface area contributed by atoms with Gasteiger partial charge in [-0.15, -0.1) is 0 Å². The van der Waals surface area contributed by atoms with Crippen LogP contribution in [-0.2, 0) is 11.8 Å². The Morgan fingerprint density at radius 3 is 2.55 bits per heavy atom. The summed E-state index contributed by atoms with van der Waals surface area (Å²) in [6, 6.07) is 7.16. The van der Waals surface area contributed by atoms with Crippen LogP contribution in [0.15, 0.2) is 24.3 Å². The molecule has 0 unspecified atom stereocenters. The van der Waals surface area contributed by atoms with Crippen LogP contribution >= 0.6 is 0 Å². The highest BCUT2D eigenvalue weighted by Crippen LogP contribution is 2.37. The molecule has 3 rings (SSSR count). The Bertz CT molecular complexity index is 779. The monoisotopic (exact) mass is 299 g/mol. The number of aryl methyl sites for hydroxylation is 2. The maximum Gasteiger partial charge on any atom is 0.312 e. The van der Waals surface area contributed by atoms with Gasteiger partial charge in [-0.3, -0.25) is 14.3 Å². The zero-order valence-corrected chi connectivity index (χ0v) is 12.7. The van der Waals surface area contributed by atoms with Crippen LogP contribution in [0.2, 0.25) is 0 Å². The zero-order chi connectivity index (χ0) is 16.0. The molecule has 2 heterocycles. The molecule has 0 spiro atoms. The van der Waals surface area contributed by atoms with E-state index in [-0.39, 0.29) is 12.5 Å². The Balaban J connectivity index is 2.06. The van der Waals surface area contributed by atoms with Crippen molar-refractivity contribution in [1.29, 1.82) is 0 Å². The fourth-order valence-corrected chi connectivity index (χ4v) is 3.03. The summed E-state index contributed by atoms with van der Waals surface area (Å²) >= 11 is 0. The van der Waals surface area contributed by atoms with Gasteiger partial charge in [-0.1, -0.05) is 18.2 Å². The molecule has 6 heteroatoms. The van der Waals surface area contributed by atoms with E-state index in [0.717, 1.165) is 5.69 Å². The van der Waals surface area contributed by atoms with E-state index in [4.69, 9.17) is 0 Å². The normalized spacial score (nSPS) is 16.7. The lowest BCUT2D eigenvalue weighted by Gasteiger charge is -2.17. The largest absolute Gasteiger partial charge is 0.481 e. The molecule has 1 atom stereocenters. The molecule has 114 valence electrons. The van der Waals surface area contributed by atoms with Crippen molar-refractivity contribution in [2.75, 3.05) is 11.4 Å². The van der Waals surface area contributed by atoms with Gasteiger partial charge in [0, 0.05) is 25.0 Å². The Kier molecular flexibility index (Phi) is 3.24. The summed E-state index contributed by atoms with van der Waals surface area (Å²) in [6.45, 7) is 3.78. The van der Waals surface area contributed by atoms with E-state index in [1.807, 2.05) is 13.0 Å². The molecule has 22 heavy (non-hydrogen) atoms. The van der Waals surface area contributed by atoms with E-state index >= 15 is 0 Å². The van der Waals surface area contributed by atoms with Gasteiger partial charge in [0.1, 0.15) is 5.92 Å². The molecule has 6 nitrogen and oxygen atoms in total. The molecule has 0 saturated heterocycles. The number of carbonyl (C=O) groups is 2. The molecular formula is C16H17N3O3. The number of rotatable bonds is 2. The molecule has 1 aromatic carbocycles. The van der Waals surface area contributed by atoms with Crippen molar-refractivity contribution in [3.05, 3.63) is 46.8 Å². The van der Waals surface area contributed by atoms with Crippen molar-refractivity contribution in [3.8, 4) is 0 Å². The molecule has 2 aromatic rings. The number of hydrogen-bond acceptors (Lipinski definition) is 3. The Morgan fingerprint density at radius 1 is 1.27 bits per heavy atom. The van der Waals surface area contributed by atoms with Crippen molar-refractivity contribution < 1.29 is 14.7 Å². The average Bonchev–Trinajstić information content (AvgIpc) is 2.97. The van der Waals surface area contributed by atoms with Crippen LogP contribution in [-0.4, -0.2) is 33.3 Å². The molecule has 1 aliphatic heterocycles. The van der Waals surface area contributed by atoms with Crippen LogP contribution in [0.3, 0.4) is 0 Å². The van der Waals surface area contributed by atoms with Crippen LogP contribution in [0.4, 0.5) is 5.69 Å². The van der Waals surface area contributed by atoms with Gasteiger partial charge in [0.05, 0.1) is 11.3 Å². The molecule has 0 saturated carbocycles. The lowest BCUT2D eigenvalue weighted by molar-refractivity contribution is -0.138. The third-order valence-electron chi connectivity index (χ3n) is 4.23. The molecule has 0 bridgehead atoms. The molecular weight excluding hydrogens is 282 g/mol. The third-order valence-corrected chi connectivity index (χ3v) is 4.23. The number of aliphatic carboxylic acids is 1. The Labute approximate surface area is 128 Å². The van der Waals surface area contributed by atoms with Crippen molar-refractivity contribution in [1.82, 2.24) is 9.78 Å².